The third-order valence-corrected chi connectivity index (χ3v) is 3.43. The Morgan fingerprint density at radius 1 is 1.22 bits per heavy atom. The molecule has 0 fully saturated rings. The number of ether oxygens (including phenoxy) is 1. The summed E-state index contributed by atoms with van der Waals surface area (Å²) in [4.78, 5) is 23.6. The molecule has 0 aliphatic heterocycles. The molecule has 1 atom stereocenters. The zero-order valence-electron chi connectivity index (χ0n) is 14.2. The third-order valence-electron chi connectivity index (χ3n) is 3.43. The van der Waals surface area contributed by atoms with Crippen molar-refractivity contribution in [3.8, 4) is 5.75 Å². The first-order valence-electron chi connectivity index (χ1n) is 7.77. The number of hydrogen-bond donors (Lipinski definition) is 2. The van der Waals surface area contributed by atoms with Crippen LogP contribution in [0.2, 0.25) is 0 Å². The fourth-order valence-electron chi connectivity index (χ4n) is 1.94. The molecular formula is C17H26N2O4. The fraction of sp³-hybridized carbons (Fsp3) is 0.529. The normalized spacial score (nSPS) is 11.9. The van der Waals surface area contributed by atoms with E-state index in [1.807, 2.05) is 31.2 Å². The number of rotatable bonds is 8. The summed E-state index contributed by atoms with van der Waals surface area (Å²) in [5.74, 6) is 0.309. The number of nitrogens with one attached hydrogen (secondary N) is 1. The summed E-state index contributed by atoms with van der Waals surface area (Å²) < 4.78 is 5.75. The number of carbonyl (C=O) groups excluding carboxylic acids is 1. The lowest BCUT2D eigenvalue weighted by atomic mass is 10.0. The van der Waals surface area contributed by atoms with Crippen molar-refractivity contribution in [1.29, 1.82) is 0 Å². The van der Waals surface area contributed by atoms with Crippen LogP contribution < -0.4 is 10.1 Å². The minimum absolute atomic E-state index is 0.0713. The van der Waals surface area contributed by atoms with Crippen molar-refractivity contribution in [3.63, 3.8) is 0 Å². The van der Waals surface area contributed by atoms with Gasteiger partial charge in [-0.25, -0.2) is 4.79 Å². The van der Waals surface area contributed by atoms with E-state index in [1.165, 1.54) is 10.5 Å². The Balaban J connectivity index is 2.37. The first-order chi connectivity index (χ1) is 10.8. The lowest BCUT2D eigenvalue weighted by Gasteiger charge is -2.20. The lowest BCUT2D eigenvalue weighted by Crippen LogP contribution is -2.42. The molecule has 0 spiro atoms. The molecule has 0 saturated heterocycles. The molecule has 0 aliphatic carbocycles. The third kappa shape index (κ3) is 7.04. The van der Waals surface area contributed by atoms with E-state index in [-0.39, 0.29) is 25.1 Å². The van der Waals surface area contributed by atoms with Crippen LogP contribution in [-0.4, -0.2) is 48.2 Å². The van der Waals surface area contributed by atoms with Crippen LogP contribution in [0, 0.1) is 0 Å². The molecule has 0 aliphatic rings. The van der Waals surface area contributed by atoms with Gasteiger partial charge in [-0.15, -0.1) is 0 Å². The van der Waals surface area contributed by atoms with Gasteiger partial charge in [-0.05, 0) is 30.5 Å². The van der Waals surface area contributed by atoms with Gasteiger partial charge in [-0.2, -0.15) is 0 Å². The monoisotopic (exact) mass is 322 g/mol. The van der Waals surface area contributed by atoms with Gasteiger partial charge >= 0.3 is 12.0 Å². The van der Waals surface area contributed by atoms with E-state index in [9.17, 15) is 9.59 Å². The summed E-state index contributed by atoms with van der Waals surface area (Å²) in [7, 11) is 1.56. The fourth-order valence-corrected chi connectivity index (χ4v) is 1.94. The molecule has 1 aromatic rings. The van der Waals surface area contributed by atoms with E-state index in [2.05, 4.69) is 19.2 Å². The quantitative estimate of drug-likeness (QED) is 0.771. The van der Waals surface area contributed by atoms with E-state index in [0.717, 1.165) is 5.75 Å². The molecule has 2 N–H and O–H groups in total. The van der Waals surface area contributed by atoms with Crippen LogP contribution in [0.15, 0.2) is 24.3 Å². The largest absolute Gasteiger partial charge is 0.489 e. The second-order valence-corrected chi connectivity index (χ2v) is 5.90. The molecule has 0 aromatic heterocycles. The molecule has 0 bridgehead atoms. The average molecular weight is 322 g/mol. The number of benzene rings is 1. The summed E-state index contributed by atoms with van der Waals surface area (Å²) in [5.41, 5.74) is 1.25. The van der Waals surface area contributed by atoms with Crippen molar-refractivity contribution in [2.45, 2.75) is 39.2 Å². The van der Waals surface area contributed by atoms with Crippen molar-refractivity contribution < 1.29 is 19.4 Å². The minimum atomic E-state index is -0.925. The zero-order chi connectivity index (χ0) is 17.4. The van der Waals surface area contributed by atoms with Crippen LogP contribution in [0.4, 0.5) is 4.79 Å². The van der Waals surface area contributed by atoms with Crippen molar-refractivity contribution in [3.05, 3.63) is 29.8 Å². The van der Waals surface area contributed by atoms with Crippen LogP contribution in [0.1, 0.15) is 38.7 Å². The predicted octanol–water partition coefficient (Wildman–Crippen LogP) is 2.69. The minimum Gasteiger partial charge on any atom is -0.489 e. The van der Waals surface area contributed by atoms with Crippen molar-refractivity contribution in [1.82, 2.24) is 10.2 Å². The lowest BCUT2D eigenvalue weighted by molar-refractivity contribution is -0.137. The van der Waals surface area contributed by atoms with Gasteiger partial charge in [-0.3, -0.25) is 4.79 Å². The van der Waals surface area contributed by atoms with Gasteiger partial charge in [0, 0.05) is 13.6 Å². The van der Waals surface area contributed by atoms with Crippen LogP contribution >= 0.6 is 0 Å². The zero-order valence-corrected chi connectivity index (χ0v) is 14.2. The second-order valence-electron chi connectivity index (χ2n) is 5.90. The maximum absolute atomic E-state index is 11.8. The Morgan fingerprint density at radius 3 is 2.35 bits per heavy atom. The van der Waals surface area contributed by atoms with Gasteiger partial charge in [-0.1, -0.05) is 26.0 Å². The highest BCUT2D eigenvalue weighted by Gasteiger charge is 2.12. The number of carboxylic acids is 1. The molecule has 0 saturated carbocycles. The van der Waals surface area contributed by atoms with E-state index in [0.29, 0.717) is 12.5 Å². The second kappa shape index (κ2) is 9.02. The molecular weight excluding hydrogens is 296 g/mol. The van der Waals surface area contributed by atoms with Gasteiger partial charge in [0.1, 0.15) is 11.9 Å². The number of carboxylic acid groups (broad SMARTS) is 1. The number of amides is 2. The highest BCUT2D eigenvalue weighted by molar-refractivity contribution is 5.75. The number of urea groups is 1. The van der Waals surface area contributed by atoms with Gasteiger partial charge in [0.2, 0.25) is 0 Å². The number of carbonyl (C=O) groups is 2. The maximum Gasteiger partial charge on any atom is 0.317 e. The van der Waals surface area contributed by atoms with Crippen molar-refractivity contribution in [2.75, 3.05) is 20.1 Å². The van der Waals surface area contributed by atoms with Gasteiger partial charge in [0.05, 0.1) is 13.0 Å². The number of aliphatic carboxylic acids is 1. The van der Waals surface area contributed by atoms with Gasteiger partial charge < -0.3 is 20.1 Å². The maximum atomic E-state index is 11.8. The van der Waals surface area contributed by atoms with E-state index >= 15 is 0 Å². The molecule has 6 heteroatoms. The molecule has 1 aromatic carbocycles. The first-order valence-corrected chi connectivity index (χ1v) is 7.77. The summed E-state index contributed by atoms with van der Waals surface area (Å²) in [6.07, 6.45) is -0.255. The van der Waals surface area contributed by atoms with Crippen LogP contribution in [0.3, 0.4) is 0 Å². The average Bonchev–Trinajstić information content (AvgIpc) is 2.50. The molecule has 0 heterocycles. The molecule has 128 valence electrons. The number of nitrogens with zero attached hydrogens (tertiary/aromatic N) is 1. The Hall–Kier alpha value is -2.24. The Bertz CT molecular complexity index is 514. The van der Waals surface area contributed by atoms with Crippen molar-refractivity contribution in [2.24, 2.45) is 0 Å². The standard InChI is InChI=1S/C17H26N2O4/c1-12(2)14-5-7-15(8-6-14)23-13(3)11-18-17(22)19(4)10-9-16(20)21/h5-8,12-13H,9-11H2,1-4H3,(H,18,22)(H,20,21). The van der Waals surface area contributed by atoms with Gasteiger partial charge in [0.15, 0.2) is 0 Å². The summed E-state index contributed by atoms with van der Waals surface area (Å²) in [6.45, 7) is 6.66. The van der Waals surface area contributed by atoms with E-state index < -0.39 is 5.97 Å². The predicted molar refractivity (Wildman–Crippen MR) is 88.9 cm³/mol. The molecule has 6 nitrogen and oxygen atoms in total. The molecule has 0 radical (unpaired) electrons. The molecule has 2 amide bonds. The van der Waals surface area contributed by atoms with Crippen molar-refractivity contribution >= 4 is 12.0 Å². The van der Waals surface area contributed by atoms with Crippen LogP contribution in [0.25, 0.3) is 0 Å². The smallest absolute Gasteiger partial charge is 0.317 e. The van der Waals surface area contributed by atoms with E-state index in [1.54, 1.807) is 7.05 Å². The summed E-state index contributed by atoms with van der Waals surface area (Å²) >= 11 is 0. The molecule has 1 unspecified atom stereocenters. The highest BCUT2D eigenvalue weighted by atomic mass is 16.5. The van der Waals surface area contributed by atoms with E-state index in [4.69, 9.17) is 9.84 Å². The summed E-state index contributed by atoms with van der Waals surface area (Å²) in [6, 6.07) is 7.60. The molecule has 1 rings (SSSR count). The first kappa shape index (κ1) is 18.8. The Morgan fingerprint density at radius 2 is 1.83 bits per heavy atom. The summed E-state index contributed by atoms with van der Waals surface area (Å²) in [5, 5.41) is 11.3. The Labute approximate surface area is 137 Å². The molecule has 23 heavy (non-hydrogen) atoms. The van der Waals surface area contributed by atoms with Crippen LogP contribution in [-0.2, 0) is 4.79 Å². The van der Waals surface area contributed by atoms with Crippen LogP contribution in [0.5, 0.6) is 5.75 Å². The van der Waals surface area contributed by atoms with Gasteiger partial charge in [0.25, 0.3) is 0 Å². The SMILES string of the molecule is CC(CNC(=O)N(C)CCC(=O)O)Oc1ccc(C(C)C)cc1. The highest BCUT2D eigenvalue weighted by Crippen LogP contribution is 2.19. The topological polar surface area (TPSA) is 78.9 Å². The number of hydrogen-bond acceptors (Lipinski definition) is 3. The Kier molecular flexibility index (Phi) is 7.38.